The molecular weight excluding hydrogens is 457 g/mol. The molecule has 2 amide bonds. The topological polar surface area (TPSA) is 55.9 Å². The quantitative estimate of drug-likeness (QED) is 0.694. The third kappa shape index (κ3) is 4.37. The van der Waals surface area contributed by atoms with Crippen molar-refractivity contribution in [1.82, 2.24) is 4.90 Å². The zero-order chi connectivity index (χ0) is 25.0. The van der Waals surface area contributed by atoms with Crippen LogP contribution in [0.25, 0.3) is 0 Å². The highest BCUT2D eigenvalue weighted by Gasteiger charge is 2.50. The van der Waals surface area contributed by atoms with Crippen molar-refractivity contribution < 1.29 is 22.8 Å². The molecule has 9 heteroatoms. The molecule has 3 aliphatic heterocycles. The number of benzene rings is 2. The maximum Gasteiger partial charge on any atom is 0.416 e. The van der Waals surface area contributed by atoms with E-state index in [1.54, 1.807) is 12.1 Å². The van der Waals surface area contributed by atoms with Crippen LogP contribution in [0.5, 0.6) is 0 Å². The molecule has 0 aromatic heterocycles. The van der Waals surface area contributed by atoms with Gasteiger partial charge in [0.1, 0.15) is 6.54 Å². The van der Waals surface area contributed by atoms with Crippen LogP contribution in [0.2, 0.25) is 0 Å². The Kier molecular flexibility index (Phi) is 5.78. The van der Waals surface area contributed by atoms with E-state index in [-0.39, 0.29) is 42.5 Å². The van der Waals surface area contributed by atoms with Crippen LogP contribution in [0.1, 0.15) is 38.7 Å². The zero-order valence-electron chi connectivity index (χ0n) is 19.8. The molecule has 5 rings (SSSR count). The maximum atomic E-state index is 13.4. The zero-order valence-corrected chi connectivity index (χ0v) is 19.8. The summed E-state index contributed by atoms with van der Waals surface area (Å²) >= 11 is 0. The standard InChI is InChI=1S/C26H29F3N4O2/c1-25(2)14-22-21(33(25)18-8-5-7-17(13-18)26(27,28)29)11-6-12-31(22)16-24(35)32-15-23(34)30-19-9-3-4-10-20(19)32/h3-5,7-10,13,21-22H,6,11-12,14-16H2,1-2H3,(H,30,34)/t21-,22-/m0/s1. The second-order valence-electron chi connectivity index (χ2n) is 10.2. The minimum Gasteiger partial charge on any atom is -0.362 e. The molecule has 35 heavy (non-hydrogen) atoms. The molecule has 0 radical (unpaired) electrons. The number of nitrogens with zero attached hydrogens (tertiary/aromatic N) is 3. The van der Waals surface area contributed by atoms with Gasteiger partial charge in [0, 0.05) is 23.3 Å². The molecule has 2 atom stereocenters. The van der Waals surface area contributed by atoms with Crippen molar-refractivity contribution >= 4 is 28.9 Å². The van der Waals surface area contributed by atoms with Gasteiger partial charge in [-0.25, -0.2) is 0 Å². The van der Waals surface area contributed by atoms with E-state index >= 15 is 0 Å². The number of hydrogen-bond donors (Lipinski definition) is 1. The Balaban J connectivity index is 1.39. The van der Waals surface area contributed by atoms with Gasteiger partial charge in [0.25, 0.3) is 0 Å². The maximum absolute atomic E-state index is 13.4. The average molecular weight is 487 g/mol. The van der Waals surface area contributed by atoms with Crippen molar-refractivity contribution in [3.63, 3.8) is 0 Å². The number of rotatable bonds is 3. The number of fused-ring (bicyclic) bond motifs is 2. The fourth-order valence-corrected chi connectivity index (χ4v) is 6.01. The van der Waals surface area contributed by atoms with Crippen LogP contribution in [0, 0.1) is 0 Å². The van der Waals surface area contributed by atoms with Crippen molar-refractivity contribution in [3.05, 3.63) is 54.1 Å². The number of alkyl halides is 3. The number of carbonyl (C=O) groups is 2. The average Bonchev–Trinajstić information content (AvgIpc) is 3.08. The summed E-state index contributed by atoms with van der Waals surface area (Å²) in [6, 6.07) is 12.8. The smallest absolute Gasteiger partial charge is 0.362 e. The molecule has 0 saturated carbocycles. The summed E-state index contributed by atoms with van der Waals surface area (Å²) in [6.45, 7) is 4.98. The molecule has 2 saturated heterocycles. The molecule has 0 unspecified atom stereocenters. The first-order valence-electron chi connectivity index (χ1n) is 11.9. The van der Waals surface area contributed by atoms with Crippen molar-refractivity contribution in [2.45, 2.75) is 56.9 Å². The number of hydrogen-bond acceptors (Lipinski definition) is 4. The first-order valence-corrected chi connectivity index (χ1v) is 11.9. The van der Waals surface area contributed by atoms with Crippen LogP contribution < -0.4 is 15.1 Å². The molecule has 2 aromatic carbocycles. The summed E-state index contributed by atoms with van der Waals surface area (Å²) < 4.78 is 40.2. The summed E-state index contributed by atoms with van der Waals surface area (Å²) in [7, 11) is 0. The predicted molar refractivity (Wildman–Crippen MR) is 128 cm³/mol. The molecule has 0 spiro atoms. The molecule has 3 aliphatic rings. The highest BCUT2D eigenvalue weighted by atomic mass is 19.4. The number of carbonyl (C=O) groups excluding carboxylic acids is 2. The number of halogens is 3. The molecule has 1 N–H and O–H groups in total. The second-order valence-corrected chi connectivity index (χ2v) is 10.2. The number of piperidine rings is 1. The number of likely N-dealkylation sites (tertiary alicyclic amines) is 1. The number of amides is 2. The Morgan fingerprint density at radius 1 is 1.11 bits per heavy atom. The predicted octanol–water partition coefficient (Wildman–Crippen LogP) is 4.51. The van der Waals surface area contributed by atoms with Gasteiger partial charge in [-0.3, -0.25) is 19.4 Å². The Labute approximate surface area is 202 Å². The van der Waals surface area contributed by atoms with Crippen LogP contribution in [-0.4, -0.2) is 54.0 Å². The van der Waals surface area contributed by atoms with E-state index in [0.717, 1.165) is 31.9 Å². The molecule has 0 bridgehead atoms. The van der Waals surface area contributed by atoms with Crippen LogP contribution in [0.4, 0.5) is 30.2 Å². The Hall–Kier alpha value is -3.07. The van der Waals surface area contributed by atoms with Crippen molar-refractivity contribution in [3.8, 4) is 0 Å². The van der Waals surface area contributed by atoms with E-state index in [2.05, 4.69) is 29.0 Å². The lowest BCUT2D eigenvalue weighted by Gasteiger charge is -2.43. The lowest BCUT2D eigenvalue weighted by atomic mass is 9.94. The highest BCUT2D eigenvalue weighted by molar-refractivity contribution is 6.10. The van der Waals surface area contributed by atoms with Crippen LogP contribution in [-0.2, 0) is 15.8 Å². The second kappa shape index (κ2) is 8.55. The van der Waals surface area contributed by atoms with Gasteiger partial charge in [-0.05, 0) is 70.0 Å². The first-order chi connectivity index (χ1) is 16.5. The lowest BCUT2D eigenvalue weighted by Crippen LogP contribution is -2.54. The Bertz CT molecular complexity index is 1150. The lowest BCUT2D eigenvalue weighted by molar-refractivity contribution is -0.137. The van der Waals surface area contributed by atoms with E-state index in [9.17, 15) is 22.8 Å². The SMILES string of the molecule is CC1(C)C[C@H]2[C@H](CCCN2CC(=O)N2CC(=O)Nc3ccccc32)N1c1cccc(C(F)(F)F)c1. The van der Waals surface area contributed by atoms with Gasteiger partial charge in [0.2, 0.25) is 11.8 Å². The van der Waals surface area contributed by atoms with Gasteiger partial charge in [-0.15, -0.1) is 0 Å². The molecule has 186 valence electrons. The summed E-state index contributed by atoms with van der Waals surface area (Å²) in [5.41, 5.74) is 0.837. The number of nitrogens with one attached hydrogen (secondary N) is 1. The normalized spacial score (nSPS) is 24.1. The van der Waals surface area contributed by atoms with Crippen LogP contribution in [0.3, 0.4) is 0 Å². The molecule has 6 nitrogen and oxygen atoms in total. The summed E-state index contributed by atoms with van der Waals surface area (Å²) in [4.78, 5) is 31.4. The molecule has 2 fully saturated rings. The van der Waals surface area contributed by atoms with Gasteiger partial charge in [0.15, 0.2) is 0 Å². The Morgan fingerprint density at radius 3 is 2.66 bits per heavy atom. The molecule has 3 heterocycles. The van der Waals surface area contributed by atoms with Crippen molar-refractivity contribution in [2.75, 3.05) is 34.8 Å². The minimum atomic E-state index is -4.40. The minimum absolute atomic E-state index is 0.00646. The van der Waals surface area contributed by atoms with Gasteiger partial charge in [-0.2, -0.15) is 13.2 Å². The van der Waals surface area contributed by atoms with E-state index in [4.69, 9.17) is 0 Å². The third-order valence-electron chi connectivity index (χ3n) is 7.41. The van der Waals surface area contributed by atoms with Gasteiger partial charge in [-0.1, -0.05) is 18.2 Å². The van der Waals surface area contributed by atoms with Gasteiger partial charge < -0.3 is 10.2 Å². The molecule has 0 aliphatic carbocycles. The summed E-state index contributed by atoms with van der Waals surface area (Å²) in [6.07, 6.45) is -1.97. The number of anilines is 3. The van der Waals surface area contributed by atoms with E-state index in [1.807, 2.05) is 18.2 Å². The largest absolute Gasteiger partial charge is 0.416 e. The molecular formula is C26H29F3N4O2. The van der Waals surface area contributed by atoms with E-state index in [0.29, 0.717) is 17.1 Å². The number of para-hydroxylation sites is 2. The van der Waals surface area contributed by atoms with Gasteiger partial charge >= 0.3 is 6.18 Å². The third-order valence-corrected chi connectivity index (χ3v) is 7.41. The van der Waals surface area contributed by atoms with Crippen molar-refractivity contribution in [1.29, 1.82) is 0 Å². The van der Waals surface area contributed by atoms with Crippen LogP contribution in [0.15, 0.2) is 48.5 Å². The fourth-order valence-electron chi connectivity index (χ4n) is 6.01. The Morgan fingerprint density at radius 2 is 1.89 bits per heavy atom. The van der Waals surface area contributed by atoms with Crippen LogP contribution >= 0.6 is 0 Å². The van der Waals surface area contributed by atoms with Gasteiger partial charge in [0.05, 0.1) is 23.5 Å². The summed E-state index contributed by atoms with van der Waals surface area (Å²) in [5.74, 6) is -0.380. The van der Waals surface area contributed by atoms with E-state index in [1.165, 1.54) is 17.0 Å². The summed E-state index contributed by atoms with van der Waals surface area (Å²) in [5, 5.41) is 2.80. The van der Waals surface area contributed by atoms with E-state index < -0.39 is 11.7 Å². The monoisotopic (exact) mass is 486 g/mol. The molecule has 2 aromatic rings. The fraction of sp³-hybridized carbons (Fsp3) is 0.462. The van der Waals surface area contributed by atoms with Crippen molar-refractivity contribution in [2.24, 2.45) is 0 Å². The highest BCUT2D eigenvalue weighted by Crippen LogP contribution is 2.45. The first kappa shape index (κ1) is 23.7.